The van der Waals surface area contributed by atoms with Crippen LogP contribution < -0.4 is 5.32 Å². The van der Waals surface area contributed by atoms with E-state index in [-0.39, 0.29) is 37.3 Å². The topological polar surface area (TPSA) is 95.9 Å². The minimum Gasteiger partial charge on any atom is -0.481 e. The molecule has 33 heavy (non-hydrogen) atoms. The van der Waals surface area contributed by atoms with Crippen molar-refractivity contribution in [2.75, 3.05) is 20.2 Å². The van der Waals surface area contributed by atoms with E-state index in [1.807, 2.05) is 31.2 Å². The first-order valence-electron chi connectivity index (χ1n) is 11.5. The molecule has 0 radical (unpaired) electrons. The fourth-order valence-electron chi connectivity index (χ4n) is 4.34. The molecule has 176 valence electrons. The number of carbonyl (C=O) groups is 3. The van der Waals surface area contributed by atoms with Gasteiger partial charge in [0.2, 0.25) is 5.91 Å². The Labute approximate surface area is 194 Å². The minimum absolute atomic E-state index is 0.0187. The van der Waals surface area contributed by atoms with E-state index >= 15 is 0 Å². The van der Waals surface area contributed by atoms with Gasteiger partial charge in [-0.15, -0.1) is 0 Å². The number of nitrogens with one attached hydrogen (secondary N) is 1. The molecule has 0 heterocycles. The largest absolute Gasteiger partial charge is 0.481 e. The number of carboxylic acids is 1. The van der Waals surface area contributed by atoms with Crippen molar-refractivity contribution in [2.45, 2.75) is 51.0 Å². The highest BCUT2D eigenvalue weighted by Crippen LogP contribution is 2.44. The number of benzene rings is 2. The van der Waals surface area contributed by atoms with E-state index in [0.717, 1.165) is 17.5 Å². The van der Waals surface area contributed by atoms with E-state index in [2.05, 4.69) is 29.6 Å². The van der Waals surface area contributed by atoms with Gasteiger partial charge in [-0.2, -0.15) is 0 Å². The highest BCUT2D eigenvalue weighted by atomic mass is 16.5. The summed E-state index contributed by atoms with van der Waals surface area (Å²) in [6.45, 7) is 2.59. The average molecular weight is 453 g/mol. The molecule has 0 spiro atoms. The monoisotopic (exact) mass is 452 g/mol. The molecule has 0 bridgehead atoms. The predicted molar refractivity (Wildman–Crippen MR) is 126 cm³/mol. The number of fused-ring (bicyclic) bond motifs is 3. The van der Waals surface area contributed by atoms with Crippen molar-refractivity contribution in [1.82, 2.24) is 10.2 Å². The van der Waals surface area contributed by atoms with Crippen LogP contribution in [0.4, 0.5) is 4.79 Å². The first-order chi connectivity index (χ1) is 15.9. The molecule has 0 aromatic heterocycles. The van der Waals surface area contributed by atoms with E-state index in [1.165, 1.54) is 16.0 Å². The van der Waals surface area contributed by atoms with Crippen molar-refractivity contribution in [1.29, 1.82) is 0 Å². The number of aliphatic carboxylic acids is 1. The normalized spacial score (nSPS) is 13.0. The molecule has 1 aliphatic carbocycles. The van der Waals surface area contributed by atoms with Crippen LogP contribution in [0, 0.1) is 0 Å². The van der Waals surface area contributed by atoms with Gasteiger partial charge in [0.15, 0.2) is 0 Å². The van der Waals surface area contributed by atoms with Gasteiger partial charge in [-0.25, -0.2) is 4.79 Å². The zero-order chi connectivity index (χ0) is 23.8. The molecule has 7 heteroatoms. The van der Waals surface area contributed by atoms with E-state index in [1.54, 1.807) is 7.05 Å². The fourth-order valence-corrected chi connectivity index (χ4v) is 4.34. The van der Waals surface area contributed by atoms with E-state index in [4.69, 9.17) is 9.84 Å². The molecule has 0 aliphatic heterocycles. The van der Waals surface area contributed by atoms with Gasteiger partial charge >= 0.3 is 12.1 Å². The van der Waals surface area contributed by atoms with Crippen LogP contribution in [0.3, 0.4) is 0 Å². The average Bonchev–Trinajstić information content (AvgIpc) is 3.11. The third-order valence-electron chi connectivity index (χ3n) is 6.03. The molecule has 1 aliphatic rings. The van der Waals surface area contributed by atoms with Gasteiger partial charge in [0.05, 0.1) is 0 Å². The lowest BCUT2D eigenvalue weighted by atomic mass is 9.98. The van der Waals surface area contributed by atoms with Crippen LogP contribution in [0.2, 0.25) is 0 Å². The molecule has 2 aromatic carbocycles. The number of hydrogen-bond donors (Lipinski definition) is 2. The van der Waals surface area contributed by atoms with Crippen molar-refractivity contribution in [3.05, 3.63) is 59.7 Å². The molecule has 0 unspecified atom stereocenters. The second kappa shape index (κ2) is 11.5. The van der Waals surface area contributed by atoms with Crippen LogP contribution in [0.5, 0.6) is 0 Å². The molecule has 2 aromatic rings. The van der Waals surface area contributed by atoms with Crippen LogP contribution in [-0.4, -0.2) is 54.2 Å². The number of hydrogen-bond acceptors (Lipinski definition) is 4. The maximum Gasteiger partial charge on any atom is 0.407 e. The Kier molecular flexibility index (Phi) is 8.46. The quantitative estimate of drug-likeness (QED) is 0.527. The van der Waals surface area contributed by atoms with Crippen molar-refractivity contribution in [3.63, 3.8) is 0 Å². The van der Waals surface area contributed by atoms with Crippen LogP contribution >= 0.6 is 0 Å². The summed E-state index contributed by atoms with van der Waals surface area (Å²) in [6.07, 6.45) is 1.51. The molecule has 0 saturated heterocycles. The maximum atomic E-state index is 12.6. The summed E-state index contributed by atoms with van der Waals surface area (Å²) < 4.78 is 5.61. The fraction of sp³-hybridized carbons (Fsp3) is 0.423. The molecule has 2 N–H and O–H groups in total. The lowest BCUT2D eigenvalue weighted by Gasteiger charge is -2.22. The lowest BCUT2D eigenvalue weighted by molar-refractivity contribution is -0.138. The zero-order valence-electron chi connectivity index (χ0n) is 19.3. The SMILES string of the molecule is CCC[C@H](CC(=O)N(C)CCCC(=O)O)NC(=O)OCC1c2ccccc2-c2ccccc21. The summed E-state index contributed by atoms with van der Waals surface area (Å²) in [5, 5.41) is 11.6. The Bertz CT molecular complexity index is 945. The molecule has 3 rings (SSSR count). The summed E-state index contributed by atoms with van der Waals surface area (Å²) in [5.41, 5.74) is 4.63. The Morgan fingerprint density at radius 3 is 2.24 bits per heavy atom. The number of nitrogens with zero attached hydrogens (tertiary/aromatic N) is 1. The zero-order valence-corrected chi connectivity index (χ0v) is 19.3. The molecule has 1 atom stereocenters. The van der Waals surface area contributed by atoms with Gasteiger partial charge in [0, 0.05) is 38.4 Å². The third kappa shape index (κ3) is 6.34. The third-order valence-corrected chi connectivity index (χ3v) is 6.03. The Hall–Kier alpha value is -3.35. The highest BCUT2D eigenvalue weighted by Gasteiger charge is 2.29. The van der Waals surface area contributed by atoms with Crippen LogP contribution in [0.15, 0.2) is 48.5 Å². The van der Waals surface area contributed by atoms with Gasteiger partial charge in [0.25, 0.3) is 0 Å². The van der Waals surface area contributed by atoms with Crippen molar-refractivity contribution in [2.24, 2.45) is 0 Å². The Balaban J connectivity index is 1.55. The van der Waals surface area contributed by atoms with Crippen molar-refractivity contribution < 1.29 is 24.2 Å². The first-order valence-corrected chi connectivity index (χ1v) is 11.5. The summed E-state index contributed by atoms with van der Waals surface area (Å²) in [5.74, 6) is -1.02. The lowest BCUT2D eigenvalue weighted by Crippen LogP contribution is -2.40. The molecular formula is C26H32N2O5. The van der Waals surface area contributed by atoms with Crippen LogP contribution in [0.25, 0.3) is 11.1 Å². The molecule has 7 nitrogen and oxygen atoms in total. The summed E-state index contributed by atoms with van der Waals surface area (Å²) in [6, 6.07) is 16.0. The predicted octanol–water partition coefficient (Wildman–Crippen LogP) is 4.41. The number of ether oxygens (including phenoxy) is 1. The van der Waals surface area contributed by atoms with E-state index in [0.29, 0.717) is 19.4 Å². The second-order valence-corrected chi connectivity index (χ2v) is 8.47. The molecular weight excluding hydrogens is 420 g/mol. The van der Waals surface area contributed by atoms with Gasteiger partial charge in [0.1, 0.15) is 6.61 Å². The first kappa shape index (κ1) is 24.3. The number of alkyl carbamates (subject to hydrolysis) is 1. The number of carbonyl (C=O) groups excluding carboxylic acids is 2. The molecule has 2 amide bonds. The van der Waals surface area contributed by atoms with Crippen molar-refractivity contribution >= 4 is 18.0 Å². The van der Waals surface area contributed by atoms with Gasteiger partial charge in [-0.3, -0.25) is 9.59 Å². The molecule has 0 saturated carbocycles. The van der Waals surface area contributed by atoms with Gasteiger partial charge in [-0.1, -0.05) is 61.9 Å². The summed E-state index contributed by atoms with van der Waals surface area (Å²) in [7, 11) is 1.65. The number of carboxylic acid groups (broad SMARTS) is 1. The highest BCUT2D eigenvalue weighted by molar-refractivity contribution is 5.79. The standard InChI is InChI=1S/C26H32N2O5/c1-3-9-18(16-24(29)28(2)15-8-14-25(30)31)27-26(32)33-17-23-21-12-6-4-10-19(21)20-11-5-7-13-22(20)23/h4-7,10-13,18,23H,3,8-9,14-17H2,1-2H3,(H,27,32)(H,30,31)/t18-/m1/s1. The number of rotatable bonds is 11. The smallest absolute Gasteiger partial charge is 0.407 e. The van der Waals surface area contributed by atoms with E-state index in [9.17, 15) is 14.4 Å². The summed E-state index contributed by atoms with van der Waals surface area (Å²) >= 11 is 0. The maximum absolute atomic E-state index is 12.6. The molecule has 0 fully saturated rings. The number of amides is 2. The van der Waals surface area contributed by atoms with E-state index < -0.39 is 12.1 Å². The summed E-state index contributed by atoms with van der Waals surface area (Å²) in [4.78, 5) is 37.3. The van der Waals surface area contributed by atoms with Gasteiger partial charge < -0.3 is 20.1 Å². The van der Waals surface area contributed by atoms with Crippen LogP contribution in [-0.2, 0) is 14.3 Å². The Morgan fingerprint density at radius 2 is 1.67 bits per heavy atom. The van der Waals surface area contributed by atoms with Crippen molar-refractivity contribution in [3.8, 4) is 11.1 Å². The Morgan fingerprint density at radius 1 is 1.06 bits per heavy atom. The second-order valence-electron chi connectivity index (χ2n) is 8.47. The van der Waals surface area contributed by atoms with Gasteiger partial charge in [-0.05, 0) is 35.1 Å². The van der Waals surface area contributed by atoms with Crippen LogP contribution in [0.1, 0.15) is 56.1 Å². The minimum atomic E-state index is -0.878.